The van der Waals surface area contributed by atoms with Crippen LogP contribution in [-0.2, 0) is 24.0 Å². The first-order valence-corrected chi connectivity index (χ1v) is 7.28. The first-order chi connectivity index (χ1) is 9.25. The zero-order chi connectivity index (χ0) is 13.2. The summed E-state index contributed by atoms with van der Waals surface area (Å²) >= 11 is 4.91. The molecule has 1 atom stereocenters. The number of hydrogen-bond acceptors (Lipinski definition) is 3. The minimum Gasteiger partial charge on any atom is -0.741 e. The number of hydrogen-bond donors (Lipinski definition) is 0. The number of nitrogens with zero attached hydrogens (tertiary/aromatic N) is 2. The van der Waals surface area contributed by atoms with Crippen LogP contribution < -0.4 is 0 Å². The first kappa shape index (κ1) is 12.6. The molecule has 2 aliphatic heterocycles. The van der Waals surface area contributed by atoms with Crippen molar-refractivity contribution in [2.45, 2.75) is 19.4 Å². The summed E-state index contributed by atoms with van der Waals surface area (Å²) in [6, 6.07) is 10.4. The third-order valence-corrected chi connectivity index (χ3v) is 4.29. The molecule has 19 heavy (non-hydrogen) atoms. The maximum atomic E-state index is 11.6. The van der Waals surface area contributed by atoms with E-state index in [9.17, 15) is 4.79 Å². The van der Waals surface area contributed by atoms with Gasteiger partial charge in [0.15, 0.2) is 0 Å². The SMILES string of the molecule is O=C([S-])[C@H]1CC[N+]2=C1N(Cc1ccccc1)CCC2. The van der Waals surface area contributed by atoms with Crippen LogP contribution in [0, 0.1) is 5.92 Å². The van der Waals surface area contributed by atoms with E-state index in [1.54, 1.807) is 0 Å². The number of rotatable bonds is 3. The van der Waals surface area contributed by atoms with Gasteiger partial charge in [-0.1, -0.05) is 30.3 Å². The van der Waals surface area contributed by atoms with Gasteiger partial charge in [0.05, 0.1) is 19.6 Å². The molecule has 0 aromatic heterocycles. The molecule has 100 valence electrons. The highest BCUT2D eigenvalue weighted by molar-refractivity contribution is 7.77. The van der Waals surface area contributed by atoms with Gasteiger partial charge in [-0.05, 0) is 5.56 Å². The molecule has 0 unspecified atom stereocenters. The molecule has 2 heterocycles. The van der Waals surface area contributed by atoms with Crippen LogP contribution in [0.3, 0.4) is 0 Å². The average molecular weight is 274 g/mol. The van der Waals surface area contributed by atoms with Gasteiger partial charge in [-0.25, -0.2) is 0 Å². The van der Waals surface area contributed by atoms with Crippen LogP contribution in [0.1, 0.15) is 18.4 Å². The Balaban J connectivity index is 1.85. The Hall–Kier alpha value is -1.42. The third-order valence-electron chi connectivity index (χ3n) is 4.00. The number of carbonyl (C=O) groups excluding carboxylic acids is 1. The molecular weight excluding hydrogens is 256 g/mol. The first-order valence-electron chi connectivity index (χ1n) is 6.87. The predicted molar refractivity (Wildman–Crippen MR) is 76.9 cm³/mol. The average Bonchev–Trinajstić information content (AvgIpc) is 2.85. The second-order valence-electron chi connectivity index (χ2n) is 5.27. The number of benzene rings is 1. The molecule has 0 fully saturated rings. The minimum atomic E-state index is -0.0996. The van der Waals surface area contributed by atoms with Crippen LogP contribution >= 0.6 is 0 Å². The van der Waals surface area contributed by atoms with Crippen LogP contribution in [0.2, 0.25) is 0 Å². The normalized spacial score (nSPS) is 22.5. The van der Waals surface area contributed by atoms with E-state index in [2.05, 4.69) is 33.7 Å². The predicted octanol–water partition coefficient (Wildman–Crippen LogP) is 1.40. The Morgan fingerprint density at radius 1 is 1.32 bits per heavy atom. The van der Waals surface area contributed by atoms with Crippen molar-refractivity contribution >= 4 is 23.6 Å². The van der Waals surface area contributed by atoms with Crippen molar-refractivity contribution in [2.75, 3.05) is 19.6 Å². The molecule has 1 aromatic carbocycles. The Kier molecular flexibility index (Phi) is 3.51. The van der Waals surface area contributed by atoms with E-state index >= 15 is 0 Å². The van der Waals surface area contributed by atoms with Crippen LogP contribution in [0.5, 0.6) is 0 Å². The molecule has 1 aromatic rings. The Morgan fingerprint density at radius 3 is 2.84 bits per heavy atom. The molecule has 4 heteroatoms. The van der Waals surface area contributed by atoms with Crippen molar-refractivity contribution in [3.8, 4) is 0 Å². The van der Waals surface area contributed by atoms with Crippen LogP contribution in [0.15, 0.2) is 30.3 Å². The highest BCUT2D eigenvalue weighted by atomic mass is 32.1. The molecule has 2 aliphatic rings. The summed E-state index contributed by atoms with van der Waals surface area (Å²) in [7, 11) is 0. The van der Waals surface area contributed by atoms with Gasteiger partial charge in [0, 0.05) is 18.0 Å². The maximum Gasteiger partial charge on any atom is 0.256 e. The second kappa shape index (κ2) is 5.29. The summed E-state index contributed by atoms with van der Waals surface area (Å²) in [6.07, 6.45) is 2.05. The van der Waals surface area contributed by atoms with Crippen molar-refractivity contribution < 1.29 is 9.37 Å². The quantitative estimate of drug-likeness (QED) is 0.615. The fourth-order valence-electron chi connectivity index (χ4n) is 3.15. The Bertz CT molecular complexity index is 512. The van der Waals surface area contributed by atoms with E-state index in [0.717, 1.165) is 39.0 Å². The van der Waals surface area contributed by atoms with Gasteiger partial charge in [-0.3, -0.25) is 9.48 Å². The van der Waals surface area contributed by atoms with E-state index in [0.29, 0.717) is 0 Å². The highest BCUT2D eigenvalue weighted by Gasteiger charge is 2.39. The lowest BCUT2D eigenvalue weighted by Gasteiger charge is -2.27. The molecule has 0 radical (unpaired) electrons. The summed E-state index contributed by atoms with van der Waals surface area (Å²) < 4.78 is 2.35. The fourth-order valence-corrected chi connectivity index (χ4v) is 3.37. The summed E-state index contributed by atoms with van der Waals surface area (Å²) in [5.41, 5.74) is 1.29. The molecule has 0 saturated carbocycles. The van der Waals surface area contributed by atoms with E-state index in [1.165, 1.54) is 11.4 Å². The maximum absolute atomic E-state index is 11.6. The minimum absolute atomic E-state index is 0.0565. The van der Waals surface area contributed by atoms with Gasteiger partial charge < -0.3 is 17.4 Å². The van der Waals surface area contributed by atoms with Gasteiger partial charge in [-0.2, -0.15) is 0 Å². The van der Waals surface area contributed by atoms with Crippen LogP contribution in [-0.4, -0.2) is 40.1 Å². The lowest BCUT2D eigenvalue weighted by molar-refractivity contribution is -0.530. The van der Waals surface area contributed by atoms with Crippen LogP contribution in [0.4, 0.5) is 0 Å². The molecule has 0 bridgehead atoms. The van der Waals surface area contributed by atoms with Crippen LogP contribution in [0.25, 0.3) is 0 Å². The summed E-state index contributed by atoms with van der Waals surface area (Å²) in [6.45, 7) is 3.96. The van der Waals surface area contributed by atoms with Crippen molar-refractivity contribution in [3.63, 3.8) is 0 Å². The molecule has 3 nitrogen and oxygen atoms in total. The lowest BCUT2D eigenvalue weighted by Crippen LogP contribution is -2.45. The fraction of sp³-hybridized carbons (Fsp3) is 0.467. The molecule has 0 N–H and O–H groups in total. The smallest absolute Gasteiger partial charge is 0.256 e. The zero-order valence-electron chi connectivity index (χ0n) is 10.9. The van der Waals surface area contributed by atoms with Crippen molar-refractivity contribution in [3.05, 3.63) is 35.9 Å². The lowest BCUT2D eigenvalue weighted by atomic mass is 10.1. The zero-order valence-corrected chi connectivity index (χ0v) is 11.7. The topological polar surface area (TPSA) is 23.3 Å². The van der Waals surface area contributed by atoms with E-state index < -0.39 is 0 Å². The molecule has 0 aliphatic carbocycles. The van der Waals surface area contributed by atoms with Crippen molar-refractivity contribution in [1.29, 1.82) is 0 Å². The third kappa shape index (κ3) is 2.50. The second-order valence-corrected chi connectivity index (χ2v) is 5.67. The van der Waals surface area contributed by atoms with Crippen molar-refractivity contribution in [1.82, 2.24) is 4.90 Å². The largest absolute Gasteiger partial charge is 0.741 e. The molecular formula is C15H18N2OS. The number of carbonyl (C=O) groups is 1. The monoisotopic (exact) mass is 274 g/mol. The van der Waals surface area contributed by atoms with E-state index in [-0.39, 0.29) is 11.0 Å². The van der Waals surface area contributed by atoms with Gasteiger partial charge in [0.1, 0.15) is 12.5 Å². The summed E-state index contributed by atoms with van der Waals surface area (Å²) in [5.74, 6) is 1.12. The van der Waals surface area contributed by atoms with Crippen molar-refractivity contribution in [2.24, 2.45) is 5.92 Å². The molecule has 0 saturated heterocycles. The Labute approximate surface area is 119 Å². The van der Waals surface area contributed by atoms with Gasteiger partial charge >= 0.3 is 0 Å². The summed E-state index contributed by atoms with van der Waals surface area (Å²) in [5, 5.41) is -0.0996. The molecule has 0 spiro atoms. The van der Waals surface area contributed by atoms with E-state index in [1.807, 2.05) is 6.07 Å². The summed E-state index contributed by atoms with van der Waals surface area (Å²) in [4.78, 5) is 14.0. The Morgan fingerprint density at radius 2 is 2.11 bits per heavy atom. The van der Waals surface area contributed by atoms with Gasteiger partial charge in [0.25, 0.3) is 5.84 Å². The number of amidine groups is 1. The standard InChI is InChI=1S/C15H18N2OS/c18-15(19)13-7-10-16-8-4-9-17(14(13)16)11-12-5-2-1-3-6-12/h1-3,5-6,13H,4,7-11H2/t13-/m0/s1. The molecule has 3 rings (SSSR count). The highest BCUT2D eigenvalue weighted by Crippen LogP contribution is 2.22. The van der Waals surface area contributed by atoms with Gasteiger partial charge in [-0.15, -0.1) is 0 Å². The molecule has 0 amide bonds. The van der Waals surface area contributed by atoms with Gasteiger partial charge in [0.2, 0.25) is 0 Å². The van der Waals surface area contributed by atoms with E-state index in [4.69, 9.17) is 12.6 Å².